The Morgan fingerprint density at radius 1 is 1.77 bits per heavy atom. The van der Waals surface area contributed by atoms with E-state index in [-0.39, 0.29) is 13.2 Å². The fourth-order valence-electron chi connectivity index (χ4n) is 0.694. The maximum Gasteiger partial charge on any atom is 0.408 e. The number of nitriles is 1. The first-order valence-corrected chi connectivity index (χ1v) is 3.63. The predicted octanol–water partition coefficient (Wildman–Crippen LogP) is 1.03. The van der Waals surface area contributed by atoms with Crippen molar-refractivity contribution < 1.29 is 13.9 Å². The standard InChI is InChI=1S/C8H8N2O3/c9-3-4-10-8(11)13-6-7-2-1-5-12-7/h1-2,5H,4,6H2,(H,10,11). The molecule has 0 bridgehead atoms. The lowest BCUT2D eigenvalue weighted by molar-refractivity contribution is 0.132. The van der Waals surface area contributed by atoms with E-state index in [0.29, 0.717) is 5.76 Å². The monoisotopic (exact) mass is 180 g/mol. The largest absolute Gasteiger partial charge is 0.466 e. The van der Waals surface area contributed by atoms with Crippen LogP contribution in [0.3, 0.4) is 0 Å². The molecule has 0 saturated heterocycles. The van der Waals surface area contributed by atoms with Crippen molar-refractivity contribution in [3.05, 3.63) is 24.2 Å². The number of furan rings is 1. The van der Waals surface area contributed by atoms with E-state index in [9.17, 15) is 4.79 Å². The Hall–Kier alpha value is -1.96. The highest BCUT2D eigenvalue weighted by molar-refractivity contribution is 5.67. The minimum atomic E-state index is -0.627. The second-order valence-corrected chi connectivity index (χ2v) is 2.17. The molecule has 13 heavy (non-hydrogen) atoms. The van der Waals surface area contributed by atoms with Gasteiger partial charge in [-0.05, 0) is 12.1 Å². The van der Waals surface area contributed by atoms with Crippen molar-refractivity contribution in [1.29, 1.82) is 5.26 Å². The number of amides is 1. The van der Waals surface area contributed by atoms with Crippen LogP contribution in [0.2, 0.25) is 0 Å². The number of nitrogens with zero attached hydrogens (tertiary/aromatic N) is 1. The van der Waals surface area contributed by atoms with Crippen molar-refractivity contribution in [3.63, 3.8) is 0 Å². The second-order valence-electron chi connectivity index (χ2n) is 2.17. The summed E-state index contributed by atoms with van der Waals surface area (Å²) >= 11 is 0. The van der Waals surface area contributed by atoms with Crippen molar-refractivity contribution in [2.24, 2.45) is 0 Å². The average Bonchev–Trinajstić information content (AvgIpc) is 2.64. The Kier molecular flexibility index (Phi) is 3.39. The van der Waals surface area contributed by atoms with Crippen LogP contribution in [0.4, 0.5) is 4.79 Å². The molecular formula is C8H8N2O3. The van der Waals surface area contributed by atoms with Crippen LogP contribution in [-0.2, 0) is 11.3 Å². The lowest BCUT2D eigenvalue weighted by Gasteiger charge is -2.01. The molecule has 0 aromatic carbocycles. The highest BCUT2D eigenvalue weighted by Crippen LogP contribution is 2.01. The lowest BCUT2D eigenvalue weighted by atomic mass is 10.5. The molecule has 0 aliphatic rings. The third-order valence-electron chi connectivity index (χ3n) is 1.24. The molecule has 1 rings (SSSR count). The van der Waals surface area contributed by atoms with E-state index >= 15 is 0 Å². The van der Waals surface area contributed by atoms with Crippen LogP contribution in [0.15, 0.2) is 22.8 Å². The Bertz CT molecular complexity index is 300. The van der Waals surface area contributed by atoms with Crippen molar-refractivity contribution in [2.45, 2.75) is 6.61 Å². The number of carbonyl (C=O) groups is 1. The van der Waals surface area contributed by atoms with Gasteiger partial charge in [0.25, 0.3) is 0 Å². The van der Waals surface area contributed by atoms with Gasteiger partial charge in [-0.25, -0.2) is 4.79 Å². The van der Waals surface area contributed by atoms with E-state index < -0.39 is 6.09 Å². The molecule has 68 valence electrons. The molecule has 1 aromatic rings. The molecule has 1 aromatic heterocycles. The summed E-state index contributed by atoms with van der Waals surface area (Å²) in [6.07, 6.45) is 0.865. The third kappa shape index (κ3) is 3.29. The van der Waals surface area contributed by atoms with Gasteiger partial charge in [0.15, 0.2) is 6.61 Å². The third-order valence-corrected chi connectivity index (χ3v) is 1.24. The average molecular weight is 180 g/mol. The summed E-state index contributed by atoms with van der Waals surface area (Å²) in [6.45, 7) is 0.0151. The summed E-state index contributed by atoms with van der Waals surface area (Å²) in [6, 6.07) is 5.15. The number of ether oxygens (including phenoxy) is 1. The Balaban J connectivity index is 2.20. The summed E-state index contributed by atoms with van der Waals surface area (Å²) in [5.74, 6) is 0.562. The van der Waals surface area contributed by atoms with E-state index in [1.54, 1.807) is 18.2 Å². The normalized spacial score (nSPS) is 8.85. The van der Waals surface area contributed by atoms with Crippen LogP contribution < -0.4 is 5.32 Å². The molecule has 5 heteroatoms. The molecule has 1 N–H and O–H groups in total. The van der Waals surface area contributed by atoms with Crippen LogP contribution in [0.1, 0.15) is 5.76 Å². The molecular weight excluding hydrogens is 172 g/mol. The van der Waals surface area contributed by atoms with Crippen LogP contribution in [0.25, 0.3) is 0 Å². The van der Waals surface area contributed by atoms with E-state index in [1.807, 2.05) is 0 Å². The van der Waals surface area contributed by atoms with Crippen LogP contribution in [0.5, 0.6) is 0 Å². The molecule has 0 aliphatic heterocycles. The van der Waals surface area contributed by atoms with Gasteiger partial charge in [-0.15, -0.1) is 0 Å². The fourth-order valence-corrected chi connectivity index (χ4v) is 0.694. The van der Waals surface area contributed by atoms with Crippen molar-refractivity contribution in [3.8, 4) is 6.07 Å². The van der Waals surface area contributed by atoms with E-state index in [0.717, 1.165) is 0 Å². The quantitative estimate of drug-likeness (QED) is 0.705. The van der Waals surface area contributed by atoms with Crippen LogP contribution in [0, 0.1) is 11.3 Å². The zero-order valence-electron chi connectivity index (χ0n) is 6.82. The molecule has 0 radical (unpaired) electrons. The number of rotatable bonds is 3. The Morgan fingerprint density at radius 3 is 3.23 bits per heavy atom. The van der Waals surface area contributed by atoms with E-state index in [2.05, 4.69) is 5.32 Å². The number of hydrogen-bond acceptors (Lipinski definition) is 4. The molecule has 0 aliphatic carbocycles. The zero-order valence-corrected chi connectivity index (χ0v) is 6.82. The predicted molar refractivity (Wildman–Crippen MR) is 42.5 cm³/mol. The lowest BCUT2D eigenvalue weighted by Crippen LogP contribution is -2.24. The first kappa shape index (κ1) is 9.13. The van der Waals surface area contributed by atoms with Gasteiger partial charge in [0.2, 0.25) is 0 Å². The molecule has 1 heterocycles. The van der Waals surface area contributed by atoms with Crippen LogP contribution >= 0.6 is 0 Å². The smallest absolute Gasteiger partial charge is 0.408 e. The van der Waals surface area contributed by atoms with Gasteiger partial charge < -0.3 is 14.5 Å². The topological polar surface area (TPSA) is 75.3 Å². The highest BCUT2D eigenvalue weighted by atomic mass is 16.6. The summed E-state index contributed by atoms with van der Waals surface area (Å²) in [7, 11) is 0. The molecule has 5 nitrogen and oxygen atoms in total. The van der Waals surface area contributed by atoms with Gasteiger partial charge in [0.1, 0.15) is 12.3 Å². The number of alkyl carbamates (subject to hydrolysis) is 1. The number of nitrogens with one attached hydrogen (secondary N) is 1. The van der Waals surface area contributed by atoms with E-state index in [1.165, 1.54) is 6.26 Å². The molecule has 0 unspecified atom stereocenters. The maximum absolute atomic E-state index is 10.8. The van der Waals surface area contributed by atoms with Crippen molar-refractivity contribution >= 4 is 6.09 Å². The zero-order chi connectivity index (χ0) is 9.52. The highest BCUT2D eigenvalue weighted by Gasteiger charge is 2.02. The van der Waals surface area contributed by atoms with Gasteiger partial charge in [-0.1, -0.05) is 0 Å². The van der Waals surface area contributed by atoms with Gasteiger partial charge in [0, 0.05) is 0 Å². The van der Waals surface area contributed by atoms with Crippen LogP contribution in [-0.4, -0.2) is 12.6 Å². The summed E-state index contributed by atoms with van der Waals surface area (Å²) in [4.78, 5) is 10.8. The Labute approximate surface area is 74.9 Å². The van der Waals surface area contributed by atoms with Crippen molar-refractivity contribution in [1.82, 2.24) is 5.32 Å². The number of hydrogen-bond donors (Lipinski definition) is 1. The van der Waals surface area contributed by atoms with E-state index in [4.69, 9.17) is 14.4 Å². The second kappa shape index (κ2) is 4.83. The molecule has 0 saturated carbocycles. The summed E-state index contributed by atoms with van der Waals surface area (Å²) in [5, 5.41) is 10.4. The molecule has 1 amide bonds. The summed E-state index contributed by atoms with van der Waals surface area (Å²) < 4.78 is 9.61. The summed E-state index contributed by atoms with van der Waals surface area (Å²) in [5.41, 5.74) is 0. The molecule has 0 atom stereocenters. The van der Waals surface area contributed by atoms with Gasteiger partial charge in [-0.2, -0.15) is 5.26 Å². The van der Waals surface area contributed by atoms with Gasteiger partial charge >= 0.3 is 6.09 Å². The Morgan fingerprint density at radius 2 is 2.62 bits per heavy atom. The first-order valence-electron chi connectivity index (χ1n) is 3.63. The minimum absolute atomic E-state index is 0.0585. The molecule has 0 spiro atoms. The maximum atomic E-state index is 10.8. The fraction of sp³-hybridized carbons (Fsp3) is 0.250. The molecule has 0 fully saturated rings. The van der Waals surface area contributed by atoms with Crippen molar-refractivity contribution in [2.75, 3.05) is 6.54 Å². The SMILES string of the molecule is N#CCNC(=O)OCc1ccco1. The van der Waals surface area contributed by atoms with Gasteiger partial charge in [0.05, 0.1) is 12.3 Å². The first-order chi connectivity index (χ1) is 6.33. The number of carbonyl (C=O) groups excluding carboxylic acids is 1. The minimum Gasteiger partial charge on any atom is -0.466 e. The van der Waals surface area contributed by atoms with Gasteiger partial charge in [-0.3, -0.25) is 0 Å².